The molecule has 23 heavy (non-hydrogen) atoms. The second-order valence-electron chi connectivity index (χ2n) is 7.44. The third kappa shape index (κ3) is 4.00. The lowest BCUT2D eigenvalue weighted by Crippen LogP contribution is -2.39. The summed E-state index contributed by atoms with van der Waals surface area (Å²) in [5.74, 6) is 1.76. The fraction of sp³-hybridized carbons (Fsp3) is 0.476. The number of fused-ring (bicyclic) bond motifs is 1. The van der Waals surface area contributed by atoms with Crippen LogP contribution >= 0.6 is 0 Å². The molecule has 0 N–H and O–H groups in total. The van der Waals surface area contributed by atoms with E-state index >= 15 is 0 Å². The molecule has 2 unspecified atom stereocenters. The summed E-state index contributed by atoms with van der Waals surface area (Å²) < 4.78 is 0. The molecule has 1 saturated heterocycles. The van der Waals surface area contributed by atoms with Crippen molar-refractivity contribution in [3.8, 4) is 0 Å². The van der Waals surface area contributed by atoms with Crippen molar-refractivity contribution in [1.29, 1.82) is 0 Å². The predicted molar refractivity (Wildman–Crippen MR) is 97.0 cm³/mol. The van der Waals surface area contributed by atoms with Crippen LogP contribution in [0.3, 0.4) is 0 Å². The fourth-order valence-electron chi connectivity index (χ4n) is 3.92. The van der Waals surface area contributed by atoms with Gasteiger partial charge in [0.2, 0.25) is 0 Å². The van der Waals surface area contributed by atoms with Gasteiger partial charge in [0.1, 0.15) is 0 Å². The molecule has 0 spiro atoms. The topological polar surface area (TPSA) is 20.3 Å². The minimum absolute atomic E-state index is 0.262. The maximum Gasteiger partial charge on any atom is 0.164 e. The summed E-state index contributed by atoms with van der Waals surface area (Å²) in [5.41, 5.74) is 2.10. The zero-order valence-corrected chi connectivity index (χ0v) is 14.5. The Bertz CT molecular complexity index is 696. The highest BCUT2D eigenvalue weighted by molar-refractivity contribution is 6.00. The van der Waals surface area contributed by atoms with Crippen molar-refractivity contribution in [1.82, 2.24) is 4.90 Å². The zero-order valence-electron chi connectivity index (χ0n) is 14.5. The van der Waals surface area contributed by atoms with Crippen molar-refractivity contribution in [3.63, 3.8) is 0 Å². The molecule has 1 heterocycles. The van der Waals surface area contributed by atoms with E-state index in [1.807, 2.05) is 12.1 Å². The SMILES string of the molecule is Cc1ccc2cc(C(=O)CCN3CC(C)CC(C)C3)ccc2c1. The molecule has 1 aliphatic rings. The summed E-state index contributed by atoms with van der Waals surface area (Å²) in [5, 5.41) is 2.36. The van der Waals surface area contributed by atoms with Crippen LogP contribution in [0.5, 0.6) is 0 Å². The van der Waals surface area contributed by atoms with Gasteiger partial charge < -0.3 is 4.90 Å². The van der Waals surface area contributed by atoms with Crippen molar-refractivity contribution in [2.45, 2.75) is 33.6 Å². The summed E-state index contributed by atoms with van der Waals surface area (Å²) in [4.78, 5) is 15.0. The first-order valence-electron chi connectivity index (χ1n) is 8.77. The van der Waals surface area contributed by atoms with Crippen molar-refractivity contribution in [2.75, 3.05) is 19.6 Å². The number of Topliss-reactive ketones (excluding diaryl/α,β-unsaturated/α-hetero) is 1. The van der Waals surface area contributed by atoms with Crippen LogP contribution in [-0.4, -0.2) is 30.3 Å². The Morgan fingerprint density at radius 3 is 2.43 bits per heavy atom. The lowest BCUT2D eigenvalue weighted by molar-refractivity contribution is 0.0926. The van der Waals surface area contributed by atoms with Crippen molar-refractivity contribution < 1.29 is 4.79 Å². The van der Waals surface area contributed by atoms with E-state index in [1.54, 1.807) is 0 Å². The molecule has 0 aliphatic carbocycles. The number of rotatable bonds is 4. The van der Waals surface area contributed by atoms with E-state index in [4.69, 9.17) is 0 Å². The average Bonchev–Trinajstić information content (AvgIpc) is 2.51. The first kappa shape index (κ1) is 16.2. The maximum atomic E-state index is 12.5. The molecule has 1 aliphatic heterocycles. The average molecular weight is 309 g/mol. The molecule has 2 nitrogen and oxygen atoms in total. The van der Waals surface area contributed by atoms with Gasteiger partial charge in [-0.05, 0) is 42.0 Å². The highest BCUT2D eigenvalue weighted by Gasteiger charge is 2.22. The standard InChI is InChI=1S/C21H27NO/c1-15-4-5-19-12-20(7-6-18(19)11-15)21(23)8-9-22-13-16(2)10-17(3)14-22/h4-7,11-12,16-17H,8-10,13-14H2,1-3H3. The van der Waals surface area contributed by atoms with Crippen LogP contribution in [-0.2, 0) is 0 Å². The van der Waals surface area contributed by atoms with Gasteiger partial charge in [-0.1, -0.05) is 49.7 Å². The summed E-state index contributed by atoms with van der Waals surface area (Å²) in [6, 6.07) is 12.5. The van der Waals surface area contributed by atoms with Crippen molar-refractivity contribution in [3.05, 3.63) is 47.5 Å². The molecule has 122 valence electrons. The molecule has 3 rings (SSSR count). The highest BCUT2D eigenvalue weighted by Crippen LogP contribution is 2.22. The van der Waals surface area contributed by atoms with Gasteiger partial charge in [0.25, 0.3) is 0 Å². The molecular weight excluding hydrogens is 282 g/mol. The number of carbonyl (C=O) groups is 1. The Labute approximate surface area is 139 Å². The Morgan fingerprint density at radius 2 is 1.70 bits per heavy atom. The second kappa shape index (κ2) is 6.84. The van der Waals surface area contributed by atoms with E-state index in [9.17, 15) is 4.79 Å². The van der Waals surface area contributed by atoms with Gasteiger partial charge in [0.15, 0.2) is 5.78 Å². The molecular formula is C21H27NO. The first-order chi connectivity index (χ1) is 11.0. The van der Waals surface area contributed by atoms with Crippen LogP contribution in [0, 0.1) is 18.8 Å². The predicted octanol–water partition coefficient (Wildman–Crippen LogP) is 4.70. The number of piperidine rings is 1. The zero-order chi connectivity index (χ0) is 16.4. The molecule has 0 radical (unpaired) electrons. The molecule has 0 amide bonds. The maximum absolute atomic E-state index is 12.5. The monoisotopic (exact) mass is 309 g/mol. The van der Waals surface area contributed by atoms with Gasteiger partial charge >= 0.3 is 0 Å². The van der Waals surface area contributed by atoms with Gasteiger partial charge in [0.05, 0.1) is 0 Å². The minimum Gasteiger partial charge on any atom is -0.302 e. The van der Waals surface area contributed by atoms with Crippen molar-refractivity contribution in [2.24, 2.45) is 11.8 Å². The number of nitrogens with zero attached hydrogens (tertiary/aromatic N) is 1. The minimum atomic E-state index is 0.262. The Hall–Kier alpha value is -1.67. The number of benzene rings is 2. The van der Waals surface area contributed by atoms with Crippen LogP contribution in [0.25, 0.3) is 10.8 Å². The smallest absolute Gasteiger partial charge is 0.164 e. The summed E-state index contributed by atoms with van der Waals surface area (Å²) >= 11 is 0. The number of aryl methyl sites for hydroxylation is 1. The Morgan fingerprint density at radius 1 is 1.04 bits per heavy atom. The third-order valence-electron chi connectivity index (χ3n) is 4.92. The van der Waals surface area contributed by atoms with Gasteiger partial charge in [0, 0.05) is 31.6 Å². The molecule has 1 fully saturated rings. The van der Waals surface area contributed by atoms with E-state index in [-0.39, 0.29) is 5.78 Å². The second-order valence-corrected chi connectivity index (χ2v) is 7.44. The summed E-state index contributed by atoms with van der Waals surface area (Å²) in [6.07, 6.45) is 1.94. The van der Waals surface area contributed by atoms with Gasteiger partial charge in [-0.15, -0.1) is 0 Å². The largest absolute Gasteiger partial charge is 0.302 e. The number of hydrogen-bond donors (Lipinski definition) is 0. The fourth-order valence-corrected chi connectivity index (χ4v) is 3.92. The van der Waals surface area contributed by atoms with E-state index in [2.05, 4.69) is 49.9 Å². The molecule has 2 heteroatoms. The summed E-state index contributed by atoms with van der Waals surface area (Å²) in [7, 11) is 0. The van der Waals surface area contributed by atoms with E-state index in [0.717, 1.165) is 42.4 Å². The normalized spacial score (nSPS) is 22.4. The van der Waals surface area contributed by atoms with Crippen LogP contribution in [0.4, 0.5) is 0 Å². The lowest BCUT2D eigenvalue weighted by atomic mass is 9.91. The van der Waals surface area contributed by atoms with Crippen LogP contribution in [0.2, 0.25) is 0 Å². The quantitative estimate of drug-likeness (QED) is 0.763. The van der Waals surface area contributed by atoms with E-state index in [1.165, 1.54) is 17.4 Å². The van der Waals surface area contributed by atoms with Crippen LogP contribution in [0.15, 0.2) is 36.4 Å². The first-order valence-corrected chi connectivity index (χ1v) is 8.77. The molecule has 2 aromatic rings. The third-order valence-corrected chi connectivity index (χ3v) is 4.92. The molecule has 2 aromatic carbocycles. The van der Waals surface area contributed by atoms with Crippen LogP contribution in [0.1, 0.15) is 42.6 Å². The van der Waals surface area contributed by atoms with Gasteiger partial charge in [-0.3, -0.25) is 4.79 Å². The Kier molecular flexibility index (Phi) is 4.82. The summed E-state index contributed by atoms with van der Waals surface area (Å²) in [6.45, 7) is 9.88. The number of likely N-dealkylation sites (tertiary alicyclic amines) is 1. The molecule has 0 aromatic heterocycles. The van der Waals surface area contributed by atoms with Crippen molar-refractivity contribution >= 4 is 16.6 Å². The Balaban J connectivity index is 1.65. The number of ketones is 1. The molecule has 0 saturated carbocycles. The van der Waals surface area contributed by atoms with Crippen LogP contribution < -0.4 is 0 Å². The number of carbonyl (C=O) groups excluding carboxylic acids is 1. The molecule has 2 atom stereocenters. The molecule has 0 bridgehead atoms. The number of hydrogen-bond acceptors (Lipinski definition) is 2. The van der Waals surface area contributed by atoms with E-state index in [0.29, 0.717) is 6.42 Å². The van der Waals surface area contributed by atoms with Gasteiger partial charge in [-0.2, -0.15) is 0 Å². The highest BCUT2D eigenvalue weighted by atomic mass is 16.1. The van der Waals surface area contributed by atoms with Gasteiger partial charge in [-0.25, -0.2) is 0 Å². The lowest BCUT2D eigenvalue weighted by Gasteiger charge is -2.34. The van der Waals surface area contributed by atoms with E-state index < -0.39 is 0 Å².